The van der Waals surface area contributed by atoms with Crippen LogP contribution in [-0.4, -0.2) is 16.9 Å². The molecular formula is C12H18N2OS2. The Morgan fingerprint density at radius 2 is 2.35 bits per heavy atom. The van der Waals surface area contributed by atoms with Gasteiger partial charge in [-0.25, -0.2) is 0 Å². The van der Waals surface area contributed by atoms with Crippen molar-refractivity contribution in [1.29, 1.82) is 0 Å². The molecule has 0 saturated heterocycles. The van der Waals surface area contributed by atoms with Crippen LogP contribution in [0.5, 0.6) is 0 Å². The van der Waals surface area contributed by atoms with Crippen molar-refractivity contribution in [3.63, 3.8) is 0 Å². The number of amides is 1. The monoisotopic (exact) mass is 270 g/mol. The summed E-state index contributed by atoms with van der Waals surface area (Å²) in [5.74, 6) is -0.417. The number of nitrogens with two attached hydrogens (primary N) is 1. The fourth-order valence-corrected chi connectivity index (χ4v) is 2.75. The molecule has 17 heavy (non-hydrogen) atoms. The van der Waals surface area contributed by atoms with Gasteiger partial charge in [-0.05, 0) is 24.8 Å². The van der Waals surface area contributed by atoms with Crippen molar-refractivity contribution in [2.45, 2.75) is 32.7 Å². The molecule has 5 heteroatoms. The highest BCUT2D eigenvalue weighted by molar-refractivity contribution is 7.80. The smallest absolute Gasteiger partial charge is 0.230 e. The van der Waals surface area contributed by atoms with Crippen LogP contribution in [0, 0.1) is 5.92 Å². The third-order valence-electron chi connectivity index (χ3n) is 2.54. The SMILES string of the molecule is CCC(C(=O)NC(C)Cc1cccs1)C(N)=S. The van der Waals surface area contributed by atoms with E-state index in [2.05, 4.69) is 11.4 Å². The van der Waals surface area contributed by atoms with E-state index in [4.69, 9.17) is 18.0 Å². The van der Waals surface area contributed by atoms with Crippen molar-refractivity contribution in [2.24, 2.45) is 11.7 Å². The summed E-state index contributed by atoms with van der Waals surface area (Å²) in [7, 11) is 0. The molecule has 0 bridgehead atoms. The third kappa shape index (κ3) is 4.44. The van der Waals surface area contributed by atoms with E-state index >= 15 is 0 Å². The van der Waals surface area contributed by atoms with Gasteiger partial charge in [-0.2, -0.15) is 0 Å². The summed E-state index contributed by atoms with van der Waals surface area (Å²) in [6.07, 6.45) is 1.49. The molecule has 2 atom stereocenters. The van der Waals surface area contributed by atoms with Gasteiger partial charge in [0.1, 0.15) is 0 Å². The highest BCUT2D eigenvalue weighted by Crippen LogP contribution is 2.11. The Morgan fingerprint density at radius 3 is 2.82 bits per heavy atom. The fourth-order valence-electron chi connectivity index (χ4n) is 1.64. The molecule has 0 aliphatic carbocycles. The second-order valence-corrected chi connectivity index (χ2v) is 5.56. The quantitative estimate of drug-likeness (QED) is 0.778. The first-order valence-corrected chi connectivity index (χ1v) is 6.95. The topological polar surface area (TPSA) is 55.1 Å². The summed E-state index contributed by atoms with van der Waals surface area (Å²) >= 11 is 6.58. The highest BCUT2D eigenvalue weighted by atomic mass is 32.1. The van der Waals surface area contributed by atoms with Crippen LogP contribution in [0.25, 0.3) is 0 Å². The fraction of sp³-hybridized carbons (Fsp3) is 0.500. The molecule has 0 radical (unpaired) electrons. The van der Waals surface area contributed by atoms with E-state index in [1.54, 1.807) is 11.3 Å². The van der Waals surface area contributed by atoms with E-state index in [9.17, 15) is 4.79 Å². The lowest BCUT2D eigenvalue weighted by molar-refractivity contribution is -0.123. The number of rotatable bonds is 6. The molecule has 1 aromatic heterocycles. The Kier molecular flexibility index (Phi) is 5.58. The molecule has 1 heterocycles. The van der Waals surface area contributed by atoms with E-state index in [1.165, 1.54) is 4.88 Å². The Morgan fingerprint density at radius 1 is 1.65 bits per heavy atom. The molecular weight excluding hydrogens is 252 g/mol. The molecule has 0 saturated carbocycles. The van der Waals surface area contributed by atoms with Crippen LogP contribution in [-0.2, 0) is 11.2 Å². The number of thiocarbonyl (C=S) groups is 1. The third-order valence-corrected chi connectivity index (χ3v) is 3.73. The van der Waals surface area contributed by atoms with Crippen LogP contribution in [0.2, 0.25) is 0 Å². The van der Waals surface area contributed by atoms with Gasteiger partial charge in [-0.15, -0.1) is 11.3 Å². The number of hydrogen-bond donors (Lipinski definition) is 2. The zero-order valence-electron chi connectivity index (χ0n) is 10.1. The van der Waals surface area contributed by atoms with Gasteiger partial charge in [0.15, 0.2) is 0 Å². The number of carbonyl (C=O) groups excluding carboxylic acids is 1. The van der Waals surface area contributed by atoms with E-state index in [-0.39, 0.29) is 22.9 Å². The molecule has 1 rings (SSSR count). The maximum atomic E-state index is 11.9. The minimum absolute atomic E-state index is 0.0657. The van der Waals surface area contributed by atoms with Crippen molar-refractivity contribution in [3.05, 3.63) is 22.4 Å². The zero-order valence-corrected chi connectivity index (χ0v) is 11.7. The normalized spacial score (nSPS) is 14.0. The Balaban J connectivity index is 2.47. The predicted molar refractivity (Wildman–Crippen MR) is 76.2 cm³/mol. The first kappa shape index (κ1) is 14.1. The van der Waals surface area contributed by atoms with Crippen molar-refractivity contribution < 1.29 is 4.79 Å². The number of nitrogens with one attached hydrogen (secondary N) is 1. The van der Waals surface area contributed by atoms with Crippen molar-refractivity contribution in [1.82, 2.24) is 5.32 Å². The zero-order chi connectivity index (χ0) is 12.8. The maximum absolute atomic E-state index is 11.9. The predicted octanol–water partition coefficient (Wildman–Crippen LogP) is 2.11. The molecule has 0 aliphatic heterocycles. The van der Waals surface area contributed by atoms with Gasteiger partial charge in [0.2, 0.25) is 5.91 Å². The summed E-state index contributed by atoms with van der Waals surface area (Å²) in [5.41, 5.74) is 5.53. The minimum Gasteiger partial charge on any atom is -0.393 e. The van der Waals surface area contributed by atoms with Crippen molar-refractivity contribution >= 4 is 34.5 Å². The molecule has 1 amide bonds. The summed E-state index contributed by atoms with van der Waals surface area (Å²) in [6.45, 7) is 3.90. The molecule has 0 fully saturated rings. The number of carbonyl (C=O) groups is 1. The Labute approximate surface area is 111 Å². The lowest BCUT2D eigenvalue weighted by atomic mass is 10.1. The van der Waals surface area contributed by atoms with Gasteiger partial charge < -0.3 is 11.1 Å². The number of hydrogen-bond acceptors (Lipinski definition) is 3. The maximum Gasteiger partial charge on any atom is 0.230 e. The summed E-state index contributed by atoms with van der Waals surface area (Å²) < 4.78 is 0. The standard InChI is InChI=1S/C12H18N2OS2/c1-3-10(11(13)16)12(15)14-8(2)7-9-5-4-6-17-9/h4-6,8,10H,3,7H2,1-2H3,(H2,13,16)(H,14,15). The van der Waals surface area contributed by atoms with Crippen LogP contribution < -0.4 is 11.1 Å². The van der Waals surface area contributed by atoms with Gasteiger partial charge in [-0.3, -0.25) is 4.79 Å². The average molecular weight is 270 g/mol. The van der Waals surface area contributed by atoms with E-state index in [0.29, 0.717) is 6.42 Å². The van der Waals surface area contributed by atoms with E-state index in [0.717, 1.165) is 6.42 Å². The Bertz CT molecular complexity index is 376. The summed E-state index contributed by atoms with van der Waals surface area (Å²) in [5, 5.41) is 4.99. The molecule has 1 aromatic rings. The van der Waals surface area contributed by atoms with Gasteiger partial charge in [0.05, 0.1) is 10.9 Å². The van der Waals surface area contributed by atoms with E-state index in [1.807, 2.05) is 25.3 Å². The summed E-state index contributed by atoms with van der Waals surface area (Å²) in [6, 6.07) is 4.18. The van der Waals surface area contributed by atoms with Crippen LogP contribution in [0.15, 0.2) is 17.5 Å². The number of thiophene rings is 1. The van der Waals surface area contributed by atoms with Gasteiger partial charge in [0, 0.05) is 17.3 Å². The second-order valence-electron chi connectivity index (χ2n) is 4.06. The average Bonchev–Trinajstić information content (AvgIpc) is 2.70. The van der Waals surface area contributed by atoms with Gasteiger partial charge >= 0.3 is 0 Å². The molecule has 94 valence electrons. The van der Waals surface area contributed by atoms with Gasteiger partial charge in [0.25, 0.3) is 0 Å². The van der Waals surface area contributed by atoms with E-state index < -0.39 is 0 Å². The first-order chi connectivity index (χ1) is 8.04. The lowest BCUT2D eigenvalue weighted by Crippen LogP contribution is -2.42. The largest absolute Gasteiger partial charge is 0.393 e. The first-order valence-electron chi connectivity index (χ1n) is 5.66. The van der Waals surface area contributed by atoms with Crippen LogP contribution in [0.3, 0.4) is 0 Å². The highest BCUT2D eigenvalue weighted by Gasteiger charge is 2.20. The molecule has 0 spiro atoms. The molecule has 3 N–H and O–H groups in total. The second kappa shape index (κ2) is 6.71. The molecule has 3 nitrogen and oxygen atoms in total. The lowest BCUT2D eigenvalue weighted by Gasteiger charge is -2.18. The van der Waals surface area contributed by atoms with Crippen LogP contribution in [0.4, 0.5) is 0 Å². The van der Waals surface area contributed by atoms with Crippen molar-refractivity contribution in [3.8, 4) is 0 Å². The van der Waals surface area contributed by atoms with Crippen molar-refractivity contribution in [2.75, 3.05) is 0 Å². The minimum atomic E-state index is -0.351. The summed E-state index contributed by atoms with van der Waals surface area (Å²) in [4.78, 5) is 13.4. The van der Waals surface area contributed by atoms with Gasteiger partial charge in [-0.1, -0.05) is 25.2 Å². The van der Waals surface area contributed by atoms with Crippen LogP contribution in [0.1, 0.15) is 25.1 Å². The van der Waals surface area contributed by atoms with Crippen LogP contribution >= 0.6 is 23.6 Å². The molecule has 2 unspecified atom stereocenters. The Hall–Kier alpha value is -0.940. The molecule has 0 aliphatic rings. The molecule has 0 aromatic carbocycles.